The maximum Gasteiger partial charge on any atom is 0.0372 e. The Bertz CT molecular complexity index is 306. The van der Waals surface area contributed by atoms with Crippen LogP contribution in [0.4, 0.5) is 5.69 Å². The SMILES string of the molecule is Cc1ccccc1N[C@@H]1CC[C@H](C)C1. The van der Waals surface area contributed by atoms with Crippen LogP contribution in [0.15, 0.2) is 24.3 Å². The van der Waals surface area contributed by atoms with Crippen molar-refractivity contribution >= 4 is 5.69 Å². The Morgan fingerprint density at radius 3 is 2.64 bits per heavy atom. The predicted molar refractivity (Wildman–Crippen MR) is 61.6 cm³/mol. The topological polar surface area (TPSA) is 12.0 Å². The lowest BCUT2D eigenvalue weighted by Crippen LogP contribution is -2.15. The molecule has 1 aliphatic rings. The van der Waals surface area contributed by atoms with Crippen molar-refractivity contribution in [1.82, 2.24) is 0 Å². The van der Waals surface area contributed by atoms with Gasteiger partial charge in [0.15, 0.2) is 0 Å². The molecule has 1 aromatic rings. The summed E-state index contributed by atoms with van der Waals surface area (Å²) in [4.78, 5) is 0. The Balaban J connectivity index is 2.01. The second-order valence-electron chi connectivity index (χ2n) is 4.57. The summed E-state index contributed by atoms with van der Waals surface area (Å²) in [6.07, 6.45) is 4.04. The van der Waals surface area contributed by atoms with Crippen molar-refractivity contribution in [2.75, 3.05) is 5.32 Å². The van der Waals surface area contributed by atoms with Crippen LogP contribution in [0, 0.1) is 12.8 Å². The van der Waals surface area contributed by atoms with Crippen LogP contribution in [0.1, 0.15) is 31.7 Å². The monoisotopic (exact) mass is 189 g/mol. The highest BCUT2D eigenvalue weighted by Gasteiger charge is 2.20. The van der Waals surface area contributed by atoms with Crippen LogP contribution in [-0.4, -0.2) is 6.04 Å². The van der Waals surface area contributed by atoms with Crippen molar-refractivity contribution in [2.24, 2.45) is 5.92 Å². The van der Waals surface area contributed by atoms with E-state index in [0.29, 0.717) is 6.04 Å². The van der Waals surface area contributed by atoms with Gasteiger partial charge in [-0.2, -0.15) is 0 Å². The molecule has 1 fully saturated rings. The molecule has 1 nitrogen and oxygen atoms in total. The quantitative estimate of drug-likeness (QED) is 0.749. The fourth-order valence-corrected chi connectivity index (χ4v) is 2.29. The lowest BCUT2D eigenvalue weighted by atomic mass is 10.1. The third-order valence-corrected chi connectivity index (χ3v) is 3.20. The number of hydrogen-bond acceptors (Lipinski definition) is 1. The molecule has 0 radical (unpaired) electrons. The molecule has 76 valence electrons. The largest absolute Gasteiger partial charge is 0.382 e. The van der Waals surface area contributed by atoms with Crippen LogP contribution in [0.2, 0.25) is 0 Å². The highest BCUT2D eigenvalue weighted by Crippen LogP contribution is 2.28. The van der Waals surface area contributed by atoms with E-state index in [0.717, 1.165) is 5.92 Å². The molecule has 0 amide bonds. The Hall–Kier alpha value is -0.980. The van der Waals surface area contributed by atoms with E-state index in [1.807, 2.05) is 0 Å². The normalized spacial score (nSPS) is 26.4. The molecule has 1 saturated carbocycles. The smallest absolute Gasteiger partial charge is 0.0372 e. The Labute approximate surface area is 86.5 Å². The van der Waals surface area contributed by atoms with Crippen molar-refractivity contribution in [3.8, 4) is 0 Å². The van der Waals surface area contributed by atoms with Crippen LogP contribution >= 0.6 is 0 Å². The van der Waals surface area contributed by atoms with Gasteiger partial charge in [0, 0.05) is 11.7 Å². The molecule has 0 saturated heterocycles. The summed E-state index contributed by atoms with van der Waals surface area (Å²) in [6, 6.07) is 9.25. The highest BCUT2D eigenvalue weighted by molar-refractivity contribution is 5.51. The van der Waals surface area contributed by atoms with Gasteiger partial charge in [0.05, 0.1) is 0 Å². The van der Waals surface area contributed by atoms with Gasteiger partial charge in [-0.15, -0.1) is 0 Å². The first-order chi connectivity index (χ1) is 6.75. The minimum atomic E-state index is 0.700. The summed E-state index contributed by atoms with van der Waals surface area (Å²) >= 11 is 0. The van der Waals surface area contributed by atoms with Gasteiger partial charge in [-0.05, 0) is 43.7 Å². The van der Waals surface area contributed by atoms with Gasteiger partial charge in [-0.1, -0.05) is 25.1 Å². The number of nitrogens with one attached hydrogen (secondary N) is 1. The van der Waals surface area contributed by atoms with E-state index in [1.54, 1.807) is 0 Å². The summed E-state index contributed by atoms with van der Waals surface area (Å²) in [5.74, 6) is 0.900. The number of hydrogen-bond donors (Lipinski definition) is 1. The summed E-state index contributed by atoms with van der Waals surface area (Å²) in [5.41, 5.74) is 2.67. The second kappa shape index (κ2) is 4.04. The van der Waals surface area contributed by atoms with E-state index in [-0.39, 0.29) is 0 Å². The van der Waals surface area contributed by atoms with Gasteiger partial charge in [-0.3, -0.25) is 0 Å². The van der Waals surface area contributed by atoms with Gasteiger partial charge in [-0.25, -0.2) is 0 Å². The molecule has 14 heavy (non-hydrogen) atoms. The van der Waals surface area contributed by atoms with Crippen LogP contribution in [0.25, 0.3) is 0 Å². The van der Waals surface area contributed by atoms with Gasteiger partial charge in [0.1, 0.15) is 0 Å². The van der Waals surface area contributed by atoms with E-state index in [9.17, 15) is 0 Å². The molecule has 0 aromatic heterocycles. The molecular formula is C13H19N. The number of anilines is 1. The second-order valence-corrected chi connectivity index (χ2v) is 4.57. The summed E-state index contributed by atoms with van der Waals surface area (Å²) in [5, 5.41) is 3.64. The van der Waals surface area contributed by atoms with Gasteiger partial charge < -0.3 is 5.32 Å². The van der Waals surface area contributed by atoms with Crippen LogP contribution in [0.3, 0.4) is 0 Å². The highest BCUT2D eigenvalue weighted by atomic mass is 14.9. The van der Waals surface area contributed by atoms with Crippen LogP contribution in [-0.2, 0) is 0 Å². The lowest BCUT2D eigenvalue weighted by molar-refractivity contribution is 0.602. The zero-order chi connectivity index (χ0) is 9.97. The molecule has 0 spiro atoms. The molecule has 2 atom stereocenters. The van der Waals surface area contributed by atoms with Gasteiger partial charge >= 0.3 is 0 Å². The average Bonchev–Trinajstić information content (AvgIpc) is 2.56. The summed E-state index contributed by atoms with van der Waals surface area (Å²) in [7, 11) is 0. The van der Waals surface area contributed by atoms with Crippen molar-refractivity contribution in [3.05, 3.63) is 29.8 Å². The molecule has 0 bridgehead atoms. The molecular weight excluding hydrogens is 170 g/mol. The van der Waals surface area contributed by atoms with Gasteiger partial charge in [0.2, 0.25) is 0 Å². The fraction of sp³-hybridized carbons (Fsp3) is 0.538. The van der Waals surface area contributed by atoms with Crippen molar-refractivity contribution in [1.29, 1.82) is 0 Å². The van der Waals surface area contributed by atoms with Gasteiger partial charge in [0.25, 0.3) is 0 Å². The van der Waals surface area contributed by atoms with E-state index >= 15 is 0 Å². The zero-order valence-corrected chi connectivity index (χ0v) is 9.09. The Morgan fingerprint density at radius 2 is 2.00 bits per heavy atom. The average molecular weight is 189 g/mol. The number of benzene rings is 1. The fourth-order valence-electron chi connectivity index (χ4n) is 2.29. The van der Waals surface area contributed by atoms with Crippen LogP contribution in [0.5, 0.6) is 0 Å². The molecule has 1 heteroatoms. The number of rotatable bonds is 2. The molecule has 0 aliphatic heterocycles. The van der Waals surface area contributed by atoms with E-state index in [1.165, 1.54) is 30.5 Å². The predicted octanol–water partition coefficient (Wildman–Crippen LogP) is 3.60. The molecule has 1 aliphatic carbocycles. The molecule has 0 unspecified atom stereocenters. The Kier molecular flexibility index (Phi) is 2.76. The number of aryl methyl sites for hydroxylation is 1. The van der Waals surface area contributed by atoms with Crippen LogP contribution < -0.4 is 5.32 Å². The molecule has 1 N–H and O–H groups in total. The minimum Gasteiger partial charge on any atom is -0.382 e. The van der Waals surface area contributed by atoms with E-state index in [2.05, 4.69) is 43.4 Å². The third kappa shape index (κ3) is 2.09. The first-order valence-corrected chi connectivity index (χ1v) is 5.58. The maximum absolute atomic E-state index is 3.64. The maximum atomic E-state index is 3.64. The summed E-state index contributed by atoms with van der Waals surface area (Å²) in [6.45, 7) is 4.51. The third-order valence-electron chi connectivity index (χ3n) is 3.20. The standard InChI is InChI=1S/C13H19N/c1-10-7-8-12(9-10)14-13-6-4-3-5-11(13)2/h3-6,10,12,14H,7-9H2,1-2H3/t10-,12+/m0/s1. The number of para-hydroxylation sites is 1. The van der Waals surface area contributed by atoms with E-state index in [4.69, 9.17) is 0 Å². The molecule has 0 heterocycles. The first-order valence-electron chi connectivity index (χ1n) is 5.58. The molecule has 2 rings (SSSR count). The van der Waals surface area contributed by atoms with Crippen molar-refractivity contribution in [2.45, 2.75) is 39.2 Å². The van der Waals surface area contributed by atoms with E-state index < -0.39 is 0 Å². The minimum absolute atomic E-state index is 0.700. The Morgan fingerprint density at radius 1 is 1.21 bits per heavy atom. The molecule has 1 aromatic carbocycles. The summed E-state index contributed by atoms with van der Waals surface area (Å²) < 4.78 is 0. The van der Waals surface area contributed by atoms with Crippen molar-refractivity contribution < 1.29 is 0 Å². The zero-order valence-electron chi connectivity index (χ0n) is 9.09. The van der Waals surface area contributed by atoms with Crippen molar-refractivity contribution in [3.63, 3.8) is 0 Å². The first kappa shape index (κ1) is 9.57. The lowest BCUT2D eigenvalue weighted by Gasteiger charge is -2.15.